The van der Waals surface area contributed by atoms with Crippen LogP contribution in [0.4, 0.5) is 8.78 Å². The summed E-state index contributed by atoms with van der Waals surface area (Å²) in [5, 5.41) is 3.63. The van der Waals surface area contributed by atoms with Crippen molar-refractivity contribution in [1.82, 2.24) is 5.32 Å². The van der Waals surface area contributed by atoms with E-state index >= 15 is 0 Å². The minimum atomic E-state index is -0.391. The van der Waals surface area contributed by atoms with Gasteiger partial charge in [-0.2, -0.15) is 0 Å². The molecular weight excluding hydrogens is 292 g/mol. The van der Waals surface area contributed by atoms with E-state index in [2.05, 4.69) is 5.32 Å². The number of hydrogen-bond donors (Lipinski definition) is 1. The van der Waals surface area contributed by atoms with Gasteiger partial charge in [0.2, 0.25) is 0 Å². The van der Waals surface area contributed by atoms with Crippen LogP contribution in [0.25, 0.3) is 0 Å². The van der Waals surface area contributed by atoms with Crippen LogP contribution in [0.2, 0.25) is 5.02 Å². The predicted molar refractivity (Wildman–Crippen MR) is 82.7 cm³/mol. The predicted octanol–water partition coefficient (Wildman–Crippen LogP) is 5.02. The van der Waals surface area contributed by atoms with Crippen LogP contribution in [-0.2, 0) is 0 Å². The van der Waals surface area contributed by atoms with Crippen molar-refractivity contribution in [1.29, 1.82) is 0 Å². The zero-order valence-electron chi connectivity index (χ0n) is 12.1. The SMILES string of the molecule is CCCNC(c1cc(F)ccc1C)c1ccc(Cl)cc1F. The van der Waals surface area contributed by atoms with Crippen molar-refractivity contribution in [2.75, 3.05) is 6.54 Å². The molecule has 0 saturated carbocycles. The van der Waals surface area contributed by atoms with Gasteiger partial charge in [0.15, 0.2) is 0 Å². The molecule has 2 aromatic carbocycles. The van der Waals surface area contributed by atoms with Gasteiger partial charge in [-0.15, -0.1) is 0 Å². The third-order valence-electron chi connectivity index (χ3n) is 3.42. The first-order valence-corrected chi connectivity index (χ1v) is 7.35. The third kappa shape index (κ3) is 3.80. The van der Waals surface area contributed by atoms with Crippen LogP contribution in [-0.4, -0.2) is 6.54 Å². The normalized spacial score (nSPS) is 12.4. The summed E-state index contributed by atoms with van der Waals surface area (Å²) in [7, 11) is 0. The van der Waals surface area contributed by atoms with E-state index in [4.69, 9.17) is 11.6 Å². The number of hydrogen-bond acceptors (Lipinski definition) is 1. The second kappa shape index (κ2) is 7.01. The second-order valence-corrected chi connectivity index (χ2v) is 5.49. The molecule has 0 heterocycles. The molecule has 1 N–H and O–H groups in total. The van der Waals surface area contributed by atoms with Crippen LogP contribution in [0.15, 0.2) is 36.4 Å². The fraction of sp³-hybridized carbons (Fsp3) is 0.294. The molecular formula is C17H18ClF2N. The molecule has 2 aromatic rings. The van der Waals surface area contributed by atoms with Gasteiger partial charge < -0.3 is 5.32 Å². The molecule has 0 aromatic heterocycles. The largest absolute Gasteiger partial charge is 0.306 e. The van der Waals surface area contributed by atoms with Gasteiger partial charge in [-0.05, 0) is 55.3 Å². The molecule has 21 heavy (non-hydrogen) atoms. The number of nitrogens with one attached hydrogen (secondary N) is 1. The molecule has 0 fully saturated rings. The summed E-state index contributed by atoms with van der Waals surface area (Å²) in [4.78, 5) is 0. The zero-order valence-corrected chi connectivity index (χ0v) is 12.8. The van der Waals surface area contributed by atoms with Crippen molar-refractivity contribution in [3.05, 3.63) is 69.7 Å². The summed E-state index contributed by atoms with van der Waals surface area (Å²) >= 11 is 5.81. The van der Waals surface area contributed by atoms with Crippen LogP contribution in [0.1, 0.15) is 36.1 Å². The maximum absolute atomic E-state index is 14.2. The van der Waals surface area contributed by atoms with Gasteiger partial charge in [0.1, 0.15) is 11.6 Å². The minimum absolute atomic E-state index is 0.326. The number of benzene rings is 2. The standard InChI is InChI=1S/C17H18ClF2N/c1-3-8-21-17(14-7-5-12(18)9-16(14)20)15-10-13(19)6-4-11(15)2/h4-7,9-10,17,21H,3,8H2,1-2H3. The molecule has 1 nitrogen and oxygen atoms in total. The van der Waals surface area contributed by atoms with E-state index in [0.29, 0.717) is 17.1 Å². The maximum atomic E-state index is 14.2. The quantitative estimate of drug-likeness (QED) is 0.818. The van der Waals surface area contributed by atoms with Gasteiger partial charge in [0.05, 0.1) is 6.04 Å². The number of aryl methyl sites for hydroxylation is 1. The average Bonchev–Trinajstić information content (AvgIpc) is 2.44. The van der Waals surface area contributed by atoms with Crippen molar-refractivity contribution in [3.63, 3.8) is 0 Å². The van der Waals surface area contributed by atoms with Crippen LogP contribution < -0.4 is 5.32 Å². The Morgan fingerprint density at radius 1 is 1.10 bits per heavy atom. The topological polar surface area (TPSA) is 12.0 Å². The number of halogens is 3. The molecule has 0 aliphatic heterocycles. The Labute approximate surface area is 128 Å². The molecule has 2 rings (SSSR count). The van der Waals surface area contributed by atoms with Crippen molar-refractivity contribution >= 4 is 11.6 Å². The monoisotopic (exact) mass is 309 g/mol. The van der Waals surface area contributed by atoms with Gasteiger partial charge in [-0.25, -0.2) is 8.78 Å². The Balaban J connectivity index is 2.49. The first-order chi connectivity index (χ1) is 10.0. The van der Waals surface area contributed by atoms with Crippen LogP contribution >= 0.6 is 11.6 Å². The lowest BCUT2D eigenvalue weighted by molar-refractivity contribution is 0.541. The molecule has 0 aliphatic rings. The van der Waals surface area contributed by atoms with Crippen molar-refractivity contribution in [2.24, 2.45) is 0 Å². The van der Waals surface area contributed by atoms with Crippen LogP contribution in [0.3, 0.4) is 0 Å². The lowest BCUT2D eigenvalue weighted by atomic mass is 9.94. The molecule has 0 amide bonds. The highest BCUT2D eigenvalue weighted by atomic mass is 35.5. The highest BCUT2D eigenvalue weighted by Gasteiger charge is 2.19. The first kappa shape index (κ1) is 15.9. The maximum Gasteiger partial charge on any atom is 0.129 e. The Hall–Kier alpha value is -1.45. The van der Waals surface area contributed by atoms with Crippen molar-refractivity contribution in [2.45, 2.75) is 26.3 Å². The van der Waals surface area contributed by atoms with Gasteiger partial charge in [-0.3, -0.25) is 0 Å². The molecule has 0 bridgehead atoms. The molecule has 112 valence electrons. The lowest BCUT2D eigenvalue weighted by Crippen LogP contribution is -2.25. The summed E-state index contributed by atoms with van der Waals surface area (Å²) < 4.78 is 27.8. The Morgan fingerprint density at radius 2 is 1.86 bits per heavy atom. The van der Waals surface area contributed by atoms with E-state index in [1.54, 1.807) is 18.2 Å². The lowest BCUT2D eigenvalue weighted by Gasteiger charge is -2.22. The summed E-state index contributed by atoms with van der Waals surface area (Å²) in [6.07, 6.45) is 0.903. The fourth-order valence-corrected chi connectivity index (χ4v) is 2.49. The first-order valence-electron chi connectivity index (χ1n) is 6.97. The average molecular weight is 310 g/mol. The Kier molecular flexibility index (Phi) is 5.32. The molecule has 1 unspecified atom stereocenters. The van der Waals surface area contributed by atoms with Crippen molar-refractivity contribution in [3.8, 4) is 0 Å². The van der Waals surface area contributed by atoms with E-state index in [-0.39, 0.29) is 11.6 Å². The smallest absolute Gasteiger partial charge is 0.129 e. The van der Waals surface area contributed by atoms with Crippen LogP contribution in [0.5, 0.6) is 0 Å². The van der Waals surface area contributed by atoms with Gasteiger partial charge >= 0.3 is 0 Å². The molecule has 0 spiro atoms. The highest BCUT2D eigenvalue weighted by Crippen LogP contribution is 2.29. The zero-order chi connectivity index (χ0) is 15.4. The molecule has 4 heteroatoms. The Morgan fingerprint density at radius 3 is 2.52 bits per heavy atom. The Bertz CT molecular complexity index is 628. The van der Waals surface area contributed by atoms with E-state index in [9.17, 15) is 8.78 Å². The third-order valence-corrected chi connectivity index (χ3v) is 3.66. The number of rotatable bonds is 5. The summed E-state index contributed by atoms with van der Waals surface area (Å²) in [6, 6.07) is 8.76. The molecule has 0 saturated heterocycles. The second-order valence-electron chi connectivity index (χ2n) is 5.05. The van der Waals surface area contributed by atoms with E-state index in [0.717, 1.165) is 17.5 Å². The summed E-state index contributed by atoms with van der Waals surface area (Å²) in [5.41, 5.74) is 2.13. The molecule has 0 aliphatic carbocycles. The molecule has 0 radical (unpaired) electrons. The summed E-state index contributed by atoms with van der Waals surface area (Å²) in [6.45, 7) is 4.63. The van der Waals surface area contributed by atoms with E-state index in [1.165, 1.54) is 18.2 Å². The van der Waals surface area contributed by atoms with Gasteiger partial charge in [-0.1, -0.05) is 30.7 Å². The molecule has 1 atom stereocenters. The minimum Gasteiger partial charge on any atom is -0.306 e. The van der Waals surface area contributed by atoms with E-state index < -0.39 is 6.04 Å². The van der Waals surface area contributed by atoms with Gasteiger partial charge in [0.25, 0.3) is 0 Å². The highest BCUT2D eigenvalue weighted by molar-refractivity contribution is 6.30. The van der Waals surface area contributed by atoms with Crippen molar-refractivity contribution < 1.29 is 8.78 Å². The van der Waals surface area contributed by atoms with Gasteiger partial charge in [0, 0.05) is 10.6 Å². The van der Waals surface area contributed by atoms with Crippen LogP contribution in [0, 0.1) is 18.6 Å². The fourth-order valence-electron chi connectivity index (χ4n) is 2.33. The van der Waals surface area contributed by atoms with E-state index in [1.807, 2.05) is 13.8 Å². The summed E-state index contributed by atoms with van der Waals surface area (Å²) in [5.74, 6) is -0.715.